The molecule has 0 bridgehead atoms. The van der Waals surface area contributed by atoms with Crippen LogP contribution in [-0.2, 0) is 19.1 Å². The number of hydrogen-bond acceptors (Lipinski definition) is 5. The van der Waals surface area contributed by atoms with Gasteiger partial charge >= 0.3 is 12.1 Å². The van der Waals surface area contributed by atoms with Crippen molar-refractivity contribution >= 4 is 18.0 Å². The van der Waals surface area contributed by atoms with Crippen LogP contribution in [0.2, 0.25) is 0 Å². The minimum atomic E-state index is -1.15. The number of ether oxygens (including phenoxy) is 2. The smallest absolute Gasteiger partial charge is 0.407 e. The molecule has 0 aliphatic heterocycles. The molecule has 8 nitrogen and oxygen atoms in total. The quantitative estimate of drug-likeness (QED) is 0.688. The number of likely N-dealkylation sites (N-methyl/N-ethyl adjacent to an activating group) is 1. The summed E-state index contributed by atoms with van der Waals surface area (Å²) in [6.45, 7) is -0.475. The third-order valence-electron chi connectivity index (χ3n) is 5.02. The van der Waals surface area contributed by atoms with Crippen molar-refractivity contribution in [3.8, 4) is 11.1 Å². The van der Waals surface area contributed by atoms with E-state index in [0.717, 1.165) is 27.2 Å². The number of carboxylic acid groups (broad SMARTS) is 1. The van der Waals surface area contributed by atoms with Gasteiger partial charge in [0.05, 0.1) is 6.61 Å². The number of fused-ring (bicyclic) bond motifs is 3. The Bertz CT molecular complexity index is 899. The van der Waals surface area contributed by atoms with Gasteiger partial charge in [0.25, 0.3) is 0 Å². The number of rotatable bonds is 8. The molecule has 30 heavy (non-hydrogen) atoms. The number of amides is 2. The summed E-state index contributed by atoms with van der Waals surface area (Å²) in [6, 6.07) is 14.9. The zero-order chi connectivity index (χ0) is 21.7. The molecular formula is C22H24N2O6. The van der Waals surface area contributed by atoms with E-state index < -0.39 is 30.6 Å². The van der Waals surface area contributed by atoms with E-state index in [9.17, 15) is 14.4 Å². The first kappa shape index (κ1) is 21.3. The van der Waals surface area contributed by atoms with Crippen molar-refractivity contribution in [3.05, 3.63) is 59.7 Å². The fourth-order valence-corrected chi connectivity index (χ4v) is 3.67. The Labute approximate surface area is 174 Å². The summed E-state index contributed by atoms with van der Waals surface area (Å²) in [4.78, 5) is 36.6. The number of carbonyl (C=O) groups is 3. The van der Waals surface area contributed by atoms with E-state index in [-0.39, 0.29) is 19.1 Å². The second-order valence-corrected chi connectivity index (χ2v) is 7.07. The third-order valence-corrected chi connectivity index (χ3v) is 5.02. The molecule has 0 aromatic heterocycles. The molecular weight excluding hydrogens is 388 g/mol. The number of carboxylic acids is 1. The number of nitrogens with one attached hydrogen (secondary N) is 1. The number of methoxy groups -OCH3 is 1. The summed E-state index contributed by atoms with van der Waals surface area (Å²) in [7, 11) is 2.73. The molecule has 0 saturated carbocycles. The second kappa shape index (κ2) is 9.41. The lowest BCUT2D eigenvalue weighted by atomic mass is 9.98. The normalized spacial score (nSPS) is 13.1. The van der Waals surface area contributed by atoms with Crippen molar-refractivity contribution in [2.75, 3.05) is 33.9 Å². The van der Waals surface area contributed by atoms with Crippen LogP contribution in [0.5, 0.6) is 0 Å². The van der Waals surface area contributed by atoms with Gasteiger partial charge in [-0.1, -0.05) is 48.5 Å². The summed E-state index contributed by atoms with van der Waals surface area (Å²) in [5, 5.41) is 11.3. The molecule has 3 rings (SSSR count). The van der Waals surface area contributed by atoms with Crippen molar-refractivity contribution in [1.29, 1.82) is 0 Å². The van der Waals surface area contributed by atoms with Gasteiger partial charge < -0.3 is 24.8 Å². The highest BCUT2D eigenvalue weighted by molar-refractivity contribution is 5.88. The maximum Gasteiger partial charge on any atom is 0.407 e. The number of hydrogen-bond donors (Lipinski definition) is 2. The number of carbonyl (C=O) groups excluding carboxylic acids is 2. The molecule has 1 aliphatic carbocycles. The first-order valence-electron chi connectivity index (χ1n) is 9.49. The first-order chi connectivity index (χ1) is 14.4. The Morgan fingerprint density at radius 1 is 1.07 bits per heavy atom. The molecule has 0 fully saturated rings. The largest absolute Gasteiger partial charge is 0.480 e. The Hall–Kier alpha value is -3.39. The monoisotopic (exact) mass is 412 g/mol. The van der Waals surface area contributed by atoms with Gasteiger partial charge in [-0.2, -0.15) is 0 Å². The van der Waals surface area contributed by atoms with Crippen LogP contribution in [0.25, 0.3) is 11.1 Å². The summed E-state index contributed by atoms with van der Waals surface area (Å²) < 4.78 is 10.4. The van der Waals surface area contributed by atoms with Gasteiger partial charge in [0.2, 0.25) is 5.91 Å². The lowest BCUT2D eigenvalue weighted by molar-refractivity contribution is -0.144. The molecule has 2 N–H and O–H groups in total. The van der Waals surface area contributed by atoms with E-state index in [2.05, 4.69) is 5.32 Å². The fraction of sp³-hybridized carbons (Fsp3) is 0.318. The Balaban J connectivity index is 1.66. The van der Waals surface area contributed by atoms with Gasteiger partial charge in [0, 0.05) is 20.1 Å². The highest BCUT2D eigenvalue weighted by Crippen LogP contribution is 2.44. The molecule has 0 unspecified atom stereocenters. The van der Waals surface area contributed by atoms with Crippen molar-refractivity contribution in [3.63, 3.8) is 0 Å². The predicted octanol–water partition coefficient (Wildman–Crippen LogP) is 2.08. The number of aliphatic carboxylic acids is 1. The van der Waals surface area contributed by atoms with Crippen LogP contribution in [-0.4, -0.2) is 67.9 Å². The summed E-state index contributed by atoms with van der Waals surface area (Å²) >= 11 is 0. The zero-order valence-corrected chi connectivity index (χ0v) is 16.8. The van der Waals surface area contributed by atoms with Gasteiger partial charge in [-0.3, -0.25) is 9.59 Å². The van der Waals surface area contributed by atoms with Gasteiger partial charge in [0.15, 0.2) is 0 Å². The molecule has 0 heterocycles. The van der Waals surface area contributed by atoms with Crippen LogP contribution in [0.4, 0.5) is 4.79 Å². The standard InChI is InChI=1S/C22H24N2O6/c1-24(11-20(25)26)21(27)19(13-29-2)23-22(28)30-12-18-16-9-5-3-7-14(16)15-8-4-6-10-17(15)18/h3-10,18-19H,11-13H2,1-2H3,(H,23,28)(H,25,26)/t19-/m0/s1. The average Bonchev–Trinajstić information content (AvgIpc) is 3.05. The maximum absolute atomic E-state index is 12.4. The van der Waals surface area contributed by atoms with Crippen molar-refractivity contribution in [2.24, 2.45) is 0 Å². The molecule has 2 aromatic rings. The molecule has 1 aliphatic rings. The van der Waals surface area contributed by atoms with Crippen molar-refractivity contribution in [1.82, 2.24) is 10.2 Å². The van der Waals surface area contributed by atoms with E-state index in [1.165, 1.54) is 14.2 Å². The average molecular weight is 412 g/mol. The fourth-order valence-electron chi connectivity index (χ4n) is 3.67. The number of alkyl carbamates (subject to hydrolysis) is 1. The van der Waals surface area contributed by atoms with E-state index in [1.54, 1.807) is 0 Å². The number of nitrogens with zero attached hydrogens (tertiary/aromatic N) is 1. The van der Waals surface area contributed by atoms with Crippen LogP contribution in [0.1, 0.15) is 17.0 Å². The van der Waals surface area contributed by atoms with Crippen LogP contribution in [0.3, 0.4) is 0 Å². The molecule has 2 aromatic carbocycles. The zero-order valence-electron chi connectivity index (χ0n) is 16.8. The van der Waals surface area contributed by atoms with Crippen molar-refractivity contribution in [2.45, 2.75) is 12.0 Å². The van der Waals surface area contributed by atoms with E-state index in [1.807, 2.05) is 48.5 Å². The lowest BCUT2D eigenvalue weighted by Crippen LogP contribution is -2.51. The molecule has 1 atom stereocenters. The van der Waals surface area contributed by atoms with Crippen LogP contribution in [0.15, 0.2) is 48.5 Å². The third kappa shape index (κ3) is 4.60. The van der Waals surface area contributed by atoms with Crippen molar-refractivity contribution < 1.29 is 29.0 Å². The van der Waals surface area contributed by atoms with E-state index >= 15 is 0 Å². The summed E-state index contributed by atoms with van der Waals surface area (Å²) in [6.07, 6.45) is -0.768. The van der Waals surface area contributed by atoms with Gasteiger partial charge in [-0.15, -0.1) is 0 Å². The maximum atomic E-state index is 12.4. The predicted molar refractivity (Wildman–Crippen MR) is 109 cm³/mol. The van der Waals surface area contributed by atoms with E-state index in [0.29, 0.717) is 0 Å². The second-order valence-electron chi connectivity index (χ2n) is 7.07. The van der Waals surface area contributed by atoms with E-state index in [4.69, 9.17) is 14.6 Å². The summed E-state index contributed by atoms with van der Waals surface area (Å²) in [5.74, 6) is -1.83. The summed E-state index contributed by atoms with van der Waals surface area (Å²) in [5.41, 5.74) is 4.39. The molecule has 2 amide bonds. The van der Waals surface area contributed by atoms with Crippen LogP contribution in [0, 0.1) is 0 Å². The Morgan fingerprint density at radius 2 is 1.63 bits per heavy atom. The first-order valence-corrected chi connectivity index (χ1v) is 9.49. The minimum Gasteiger partial charge on any atom is -0.480 e. The van der Waals surface area contributed by atoms with Gasteiger partial charge in [0.1, 0.15) is 19.2 Å². The highest BCUT2D eigenvalue weighted by atomic mass is 16.5. The SMILES string of the molecule is COC[C@H](NC(=O)OCC1c2ccccc2-c2ccccc21)C(=O)N(C)CC(=O)O. The van der Waals surface area contributed by atoms with Crippen LogP contribution >= 0.6 is 0 Å². The molecule has 8 heteroatoms. The Morgan fingerprint density at radius 3 is 2.17 bits per heavy atom. The molecule has 0 radical (unpaired) electrons. The van der Waals surface area contributed by atoms with Crippen LogP contribution < -0.4 is 5.32 Å². The molecule has 0 saturated heterocycles. The molecule has 158 valence electrons. The lowest BCUT2D eigenvalue weighted by Gasteiger charge is -2.23. The topological polar surface area (TPSA) is 105 Å². The number of benzene rings is 2. The Kier molecular flexibility index (Phi) is 6.68. The van der Waals surface area contributed by atoms with Gasteiger partial charge in [-0.05, 0) is 22.3 Å². The minimum absolute atomic E-state index is 0.102. The molecule has 0 spiro atoms. The highest BCUT2D eigenvalue weighted by Gasteiger charge is 2.30. The van der Waals surface area contributed by atoms with Gasteiger partial charge in [-0.25, -0.2) is 4.79 Å².